The molecular formula is C37H44N4O6. The lowest BCUT2D eigenvalue weighted by Crippen LogP contribution is -2.47. The van der Waals surface area contributed by atoms with Crippen LogP contribution in [0.4, 0.5) is 10.5 Å². The van der Waals surface area contributed by atoms with E-state index in [4.69, 9.17) is 14.2 Å². The molecule has 3 aromatic carbocycles. The summed E-state index contributed by atoms with van der Waals surface area (Å²) in [6.07, 6.45) is 6.79. The van der Waals surface area contributed by atoms with Gasteiger partial charge >= 0.3 is 12.1 Å². The molecule has 5 rings (SSSR count). The number of fused-ring (bicyclic) bond motifs is 1. The number of rotatable bonds is 13. The van der Waals surface area contributed by atoms with Crippen molar-refractivity contribution in [1.29, 1.82) is 0 Å². The van der Waals surface area contributed by atoms with Crippen LogP contribution in [0.5, 0.6) is 5.75 Å². The van der Waals surface area contributed by atoms with Gasteiger partial charge in [0.1, 0.15) is 18.9 Å². The molecule has 248 valence electrons. The van der Waals surface area contributed by atoms with Crippen LogP contribution in [0.3, 0.4) is 0 Å². The quantitative estimate of drug-likeness (QED) is 0.176. The third-order valence-corrected chi connectivity index (χ3v) is 8.50. The first-order valence-electron chi connectivity index (χ1n) is 16.5. The maximum absolute atomic E-state index is 12.9. The molecular weight excluding hydrogens is 596 g/mol. The topological polar surface area (TPSA) is 110 Å². The summed E-state index contributed by atoms with van der Waals surface area (Å²) in [6, 6.07) is 25.1. The Morgan fingerprint density at radius 1 is 0.894 bits per heavy atom. The molecule has 1 aliphatic heterocycles. The van der Waals surface area contributed by atoms with Crippen LogP contribution in [0.1, 0.15) is 61.6 Å². The largest absolute Gasteiger partial charge is 0.494 e. The van der Waals surface area contributed by atoms with Gasteiger partial charge in [0.2, 0.25) is 11.9 Å². The second-order valence-corrected chi connectivity index (χ2v) is 12.0. The number of esters is 1. The van der Waals surface area contributed by atoms with Gasteiger partial charge in [0.15, 0.2) is 0 Å². The van der Waals surface area contributed by atoms with Crippen molar-refractivity contribution in [3.63, 3.8) is 0 Å². The third-order valence-electron chi connectivity index (χ3n) is 8.50. The molecule has 2 aliphatic rings. The zero-order valence-corrected chi connectivity index (χ0v) is 27.1. The Hall–Kier alpha value is -4.86. The molecule has 0 aromatic heterocycles. The van der Waals surface area contributed by atoms with E-state index in [0.717, 1.165) is 29.5 Å². The first kappa shape index (κ1) is 33.5. The van der Waals surface area contributed by atoms with Crippen molar-refractivity contribution < 1.29 is 28.6 Å². The van der Waals surface area contributed by atoms with Gasteiger partial charge in [0.05, 0.1) is 18.9 Å². The van der Waals surface area contributed by atoms with E-state index in [1.165, 1.54) is 19.3 Å². The van der Waals surface area contributed by atoms with Gasteiger partial charge in [-0.2, -0.15) is 0 Å². The summed E-state index contributed by atoms with van der Waals surface area (Å²) in [6.45, 7) is 0.909. The van der Waals surface area contributed by atoms with Gasteiger partial charge in [-0.3, -0.25) is 14.9 Å². The Morgan fingerprint density at radius 2 is 1.62 bits per heavy atom. The lowest BCUT2D eigenvalue weighted by atomic mass is 9.94. The van der Waals surface area contributed by atoms with Crippen LogP contribution in [0.2, 0.25) is 0 Å². The lowest BCUT2D eigenvalue weighted by molar-refractivity contribution is -0.145. The van der Waals surface area contributed by atoms with Gasteiger partial charge in [-0.15, -0.1) is 0 Å². The molecule has 1 heterocycles. The summed E-state index contributed by atoms with van der Waals surface area (Å²) in [5, 5.41) is 2.71. The van der Waals surface area contributed by atoms with E-state index in [9.17, 15) is 14.4 Å². The minimum absolute atomic E-state index is 0.128. The fraction of sp³-hybridized carbons (Fsp3) is 0.405. The maximum atomic E-state index is 12.9. The summed E-state index contributed by atoms with van der Waals surface area (Å²) in [7, 11) is 1.92. The van der Waals surface area contributed by atoms with E-state index in [1.807, 2.05) is 90.8 Å². The van der Waals surface area contributed by atoms with Crippen molar-refractivity contribution in [2.45, 2.75) is 70.6 Å². The molecule has 3 aromatic rings. The molecule has 0 bridgehead atoms. The molecule has 10 heteroatoms. The SMILES string of the molecule is CN(C(=O)CCCOc1ccc2c(c1)CN(CC(=O)OCc1ccccc1)C(NC(=O)OCCc1ccccc1)=N2)C1CCCCC1. The number of hydrogen-bond donors (Lipinski definition) is 1. The van der Waals surface area contributed by atoms with Crippen LogP contribution in [0.25, 0.3) is 0 Å². The van der Waals surface area contributed by atoms with Gasteiger partial charge < -0.3 is 24.0 Å². The third kappa shape index (κ3) is 10.3. The Bertz CT molecular complexity index is 1510. The van der Waals surface area contributed by atoms with Crippen LogP contribution in [0, 0.1) is 0 Å². The first-order chi connectivity index (χ1) is 22.9. The van der Waals surface area contributed by atoms with Gasteiger partial charge in [0, 0.05) is 38.0 Å². The molecule has 0 radical (unpaired) electrons. The van der Waals surface area contributed by atoms with E-state index in [-0.39, 0.29) is 31.6 Å². The fourth-order valence-electron chi connectivity index (χ4n) is 5.83. The van der Waals surface area contributed by atoms with Crippen molar-refractivity contribution in [3.05, 3.63) is 95.6 Å². The zero-order valence-electron chi connectivity index (χ0n) is 27.1. The van der Waals surface area contributed by atoms with Crippen LogP contribution < -0.4 is 10.1 Å². The number of carbonyl (C=O) groups excluding carboxylic acids is 3. The molecule has 0 unspecified atom stereocenters. The Morgan fingerprint density at radius 3 is 2.36 bits per heavy atom. The predicted molar refractivity (Wildman–Crippen MR) is 179 cm³/mol. The fourth-order valence-corrected chi connectivity index (χ4v) is 5.83. The van der Waals surface area contributed by atoms with Crippen LogP contribution in [-0.4, -0.2) is 66.6 Å². The summed E-state index contributed by atoms with van der Waals surface area (Å²) < 4.78 is 16.9. The standard InChI is InChI=1S/C37H44N4O6/c1-40(31-16-9-4-10-17-31)34(42)18-11-22-45-32-19-20-33-30(24-32)25-41(26-35(43)47-27-29-14-7-3-8-15-29)36(38-33)39-37(44)46-23-21-28-12-5-2-6-13-28/h2-3,5-8,12-15,19-20,24,31H,4,9-11,16-18,21-23,25-27H2,1H3,(H,38,39,44). The second kappa shape index (κ2) is 17.2. The van der Waals surface area contributed by atoms with Gasteiger partial charge in [-0.05, 0) is 48.6 Å². The number of benzene rings is 3. The van der Waals surface area contributed by atoms with Crippen molar-refractivity contribution in [2.24, 2.45) is 4.99 Å². The van der Waals surface area contributed by atoms with Crippen LogP contribution in [0.15, 0.2) is 83.9 Å². The molecule has 2 amide bonds. The number of guanidine groups is 1. The van der Waals surface area contributed by atoms with Crippen molar-refractivity contribution in [3.8, 4) is 5.75 Å². The molecule has 47 heavy (non-hydrogen) atoms. The number of alkyl carbamates (subject to hydrolysis) is 1. The van der Waals surface area contributed by atoms with E-state index < -0.39 is 12.1 Å². The highest BCUT2D eigenvalue weighted by Gasteiger charge is 2.26. The van der Waals surface area contributed by atoms with Crippen molar-refractivity contribution in [1.82, 2.24) is 15.1 Å². The van der Waals surface area contributed by atoms with Gasteiger partial charge in [-0.1, -0.05) is 79.9 Å². The molecule has 1 saturated carbocycles. The molecule has 10 nitrogen and oxygen atoms in total. The minimum Gasteiger partial charge on any atom is -0.494 e. The lowest BCUT2D eigenvalue weighted by Gasteiger charge is -2.31. The summed E-state index contributed by atoms with van der Waals surface area (Å²) in [5.74, 6) is 0.553. The number of ether oxygens (including phenoxy) is 3. The number of carbonyl (C=O) groups is 3. The van der Waals surface area contributed by atoms with E-state index in [0.29, 0.717) is 49.9 Å². The van der Waals surface area contributed by atoms with Crippen molar-refractivity contribution in [2.75, 3.05) is 26.8 Å². The van der Waals surface area contributed by atoms with Crippen LogP contribution in [-0.2, 0) is 38.6 Å². The average molecular weight is 641 g/mol. The average Bonchev–Trinajstić information content (AvgIpc) is 3.10. The smallest absolute Gasteiger partial charge is 0.413 e. The molecule has 1 fully saturated rings. The maximum Gasteiger partial charge on any atom is 0.413 e. The van der Waals surface area contributed by atoms with Gasteiger partial charge in [-0.25, -0.2) is 9.79 Å². The highest BCUT2D eigenvalue weighted by molar-refractivity contribution is 5.97. The number of amides is 2. The molecule has 1 N–H and O–H groups in total. The zero-order chi connectivity index (χ0) is 32.8. The second-order valence-electron chi connectivity index (χ2n) is 12.0. The predicted octanol–water partition coefficient (Wildman–Crippen LogP) is 6.15. The van der Waals surface area contributed by atoms with Crippen LogP contribution >= 0.6 is 0 Å². The monoisotopic (exact) mass is 640 g/mol. The molecule has 0 saturated heterocycles. The molecule has 1 aliphatic carbocycles. The summed E-state index contributed by atoms with van der Waals surface area (Å²) in [5.41, 5.74) is 3.41. The van der Waals surface area contributed by atoms with Gasteiger partial charge in [0.25, 0.3) is 0 Å². The minimum atomic E-state index is -0.658. The summed E-state index contributed by atoms with van der Waals surface area (Å²) in [4.78, 5) is 46.5. The number of nitrogens with zero attached hydrogens (tertiary/aromatic N) is 3. The highest BCUT2D eigenvalue weighted by atomic mass is 16.5. The van der Waals surface area contributed by atoms with Crippen molar-refractivity contribution >= 4 is 29.6 Å². The number of hydrogen-bond acceptors (Lipinski definition) is 8. The highest BCUT2D eigenvalue weighted by Crippen LogP contribution is 2.30. The molecule has 0 atom stereocenters. The summed E-state index contributed by atoms with van der Waals surface area (Å²) >= 11 is 0. The molecule has 0 spiro atoms. The van der Waals surface area contributed by atoms with E-state index in [1.54, 1.807) is 4.90 Å². The Kier molecular flexibility index (Phi) is 12.2. The van der Waals surface area contributed by atoms with E-state index in [2.05, 4.69) is 10.3 Å². The number of nitrogens with one attached hydrogen (secondary N) is 1. The van der Waals surface area contributed by atoms with E-state index >= 15 is 0 Å². The normalized spacial score (nSPS) is 14.4. The first-order valence-corrected chi connectivity index (χ1v) is 16.5. The number of aliphatic imine (C=N–C) groups is 1. The Balaban J connectivity index is 1.17. The Labute approximate surface area is 276 Å².